The van der Waals surface area contributed by atoms with E-state index in [1.165, 1.54) is 5.56 Å². The van der Waals surface area contributed by atoms with E-state index in [2.05, 4.69) is 16.5 Å². The van der Waals surface area contributed by atoms with Crippen LogP contribution < -0.4 is 5.32 Å². The first-order valence-electron chi connectivity index (χ1n) is 8.62. The maximum atomic E-state index is 12.6. The van der Waals surface area contributed by atoms with Crippen LogP contribution >= 0.6 is 0 Å². The van der Waals surface area contributed by atoms with Gasteiger partial charge in [0.25, 0.3) is 0 Å². The Morgan fingerprint density at radius 3 is 3.00 bits per heavy atom. The SMILES string of the molecule is COCCn1nc(C)c(NC(=O)CC2OCCc3ccccc32)c1C. The molecule has 6 heteroatoms. The lowest BCUT2D eigenvalue weighted by atomic mass is 9.95. The number of hydrogen-bond donors (Lipinski definition) is 1. The van der Waals surface area contributed by atoms with Crippen molar-refractivity contribution in [2.24, 2.45) is 0 Å². The Labute approximate surface area is 148 Å². The number of anilines is 1. The van der Waals surface area contributed by atoms with Gasteiger partial charge in [0.15, 0.2) is 0 Å². The van der Waals surface area contributed by atoms with Crippen LogP contribution in [0.15, 0.2) is 24.3 Å². The van der Waals surface area contributed by atoms with Crippen molar-refractivity contribution in [2.75, 3.05) is 25.6 Å². The fourth-order valence-corrected chi connectivity index (χ4v) is 3.28. The molecule has 1 unspecified atom stereocenters. The monoisotopic (exact) mass is 343 g/mol. The number of fused-ring (bicyclic) bond motifs is 1. The first-order chi connectivity index (χ1) is 12.1. The molecule has 1 atom stereocenters. The Morgan fingerprint density at radius 2 is 2.20 bits per heavy atom. The molecule has 1 aromatic carbocycles. The van der Waals surface area contributed by atoms with Crippen LogP contribution in [0.1, 0.15) is 35.0 Å². The summed E-state index contributed by atoms with van der Waals surface area (Å²) >= 11 is 0. The largest absolute Gasteiger partial charge is 0.383 e. The van der Waals surface area contributed by atoms with Crippen molar-refractivity contribution in [1.29, 1.82) is 0 Å². The summed E-state index contributed by atoms with van der Waals surface area (Å²) in [5, 5.41) is 7.48. The number of ether oxygens (including phenoxy) is 2. The van der Waals surface area contributed by atoms with Gasteiger partial charge in [-0.2, -0.15) is 5.10 Å². The van der Waals surface area contributed by atoms with E-state index in [-0.39, 0.29) is 12.0 Å². The number of carbonyl (C=O) groups is 1. The molecule has 1 aliphatic heterocycles. The molecular formula is C19H25N3O3. The Morgan fingerprint density at radius 1 is 1.40 bits per heavy atom. The summed E-state index contributed by atoms with van der Waals surface area (Å²) in [6.07, 6.45) is 1.02. The average molecular weight is 343 g/mol. The van der Waals surface area contributed by atoms with Gasteiger partial charge in [0.1, 0.15) is 0 Å². The number of rotatable bonds is 6. The number of aromatic nitrogens is 2. The molecule has 3 rings (SSSR count). The minimum Gasteiger partial charge on any atom is -0.383 e. The fraction of sp³-hybridized carbons (Fsp3) is 0.474. The minimum atomic E-state index is -0.186. The van der Waals surface area contributed by atoms with E-state index in [9.17, 15) is 4.79 Å². The van der Waals surface area contributed by atoms with Crippen LogP contribution in [0.25, 0.3) is 0 Å². The van der Waals surface area contributed by atoms with Gasteiger partial charge in [0, 0.05) is 7.11 Å². The van der Waals surface area contributed by atoms with Gasteiger partial charge >= 0.3 is 0 Å². The molecule has 0 radical (unpaired) electrons. The van der Waals surface area contributed by atoms with Crippen molar-refractivity contribution in [3.63, 3.8) is 0 Å². The molecular weight excluding hydrogens is 318 g/mol. The molecule has 1 aliphatic rings. The zero-order valence-corrected chi connectivity index (χ0v) is 15.0. The summed E-state index contributed by atoms with van der Waals surface area (Å²) in [7, 11) is 1.66. The number of nitrogens with zero attached hydrogens (tertiary/aromatic N) is 2. The first-order valence-corrected chi connectivity index (χ1v) is 8.62. The van der Waals surface area contributed by atoms with Crippen LogP contribution in [0.4, 0.5) is 5.69 Å². The third kappa shape index (κ3) is 3.91. The van der Waals surface area contributed by atoms with Gasteiger partial charge in [-0.25, -0.2) is 0 Å². The molecule has 6 nitrogen and oxygen atoms in total. The molecule has 0 fully saturated rings. The predicted molar refractivity (Wildman–Crippen MR) is 95.7 cm³/mol. The fourth-order valence-electron chi connectivity index (χ4n) is 3.28. The Bertz CT molecular complexity index is 754. The van der Waals surface area contributed by atoms with Crippen LogP contribution in [0.3, 0.4) is 0 Å². The summed E-state index contributed by atoms with van der Waals surface area (Å²) in [4.78, 5) is 12.6. The Balaban J connectivity index is 1.69. The highest BCUT2D eigenvalue weighted by molar-refractivity contribution is 5.92. The van der Waals surface area contributed by atoms with Gasteiger partial charge < -0.3 is 14.8 Å². The van der Waals surface area contributed by atoms with E-state index in [0.717, 1.165) is 29.1 Å². The molecule has 1 amide bonds. The molecule has 2 heterocycles. The molecule has 1 aromatic heterocycles. The summed E-state index contributed by atoms with van der Waals surface area (Å²) in [6.45, 7) is 5.76. The summed E-state index contributed by atoms with van der Waals surface area (Å²) in [5.41, 5.74) is 4.92. The third-order valence-electron chi connectivity index (χ3n) is 4.62. The van der Waals surface area contributed by atoms with Gasteiger partial charge in [-0.15, -0.1) is 0 Å². The van der Waals surface area contributed by atoms with E-state index in [0.29, 0.717) is 26.2 Å². The van der Waals surface area contributed by atoms with Crippen LogP contribution in [-0.2, 0) is 27.2 Å². The summed E-state index contributed by atoms with van der Waals surface area (Å²) in [6, 6.07) is 8.18. The lowest BCUT2D eigenvalue weighted by Gasteiger charge is -2.25. The topological polar surface area (TPSA) is 65.4 Å². The smallest absolute Gasteiger partial charge is 0.227 e. The van der Waals surface area contributed by atoms with Gasteiger partial charge in [-0.1, -0.05) is 24.3 Å². The van der Waals surface area contributed by atoms with E-state index < -0.39 is 0 Å². The number of carbonyl (C=O) groups excluding carboxylic acids is 1. The normalized spacial score (nSPS) is 16.5. The van der Waals surface area contributed by atoms with Crippen molar-refractivity contribution >= 4 is 11.6 Å². The zero-order valence-electron chi connectivity index (χ0n) is 15.0. The van der Waals surface area contributed by atoms with Crippen molar-refractivity contribution in [1.82, 2.24) is 9.78 Å². The van der Waals surface area contributed by atoms with Crippen LogP contribution in [0.2, 0.25) is 0 Å². The second-order valence-electron chi connectivity index (χ2n) is 6.32. The molecule has 0 aliphatic carbocycles. The van der Waals surface area contributed by atoms with Gasteiger partial charge in [-0.3, -0.25) is 9.48 Å². The van der Waals surface area contributed by atoms with Crippen LogP contribution in [0.5, 0.6) is 0 Å². The highest BCUT2D eigenvalue weighted by Gasteiger charge is 2.24. The predicted octanol–water partition coefficient (Wildman–Crippen LogP) is 2.79. The number of hydrogen-bond acceptors (Lipinski definition) is 4. The second-order valence-corrected chi connectivity index (χ2v) is 6.32. The van der Waals surface area contributed by atoms with Crippen molar-refractivity contribution < 1.29 is 14.3 Å². The quantitative estimate of drug-likeness (QED) is 0.876. The molecule has 2 aromatic rings. The lowest BCUT2D eigenvalue weighted by molar-refractivity contribution is -0.119. The highest BCUT2D eigenvalue weighted by Crippen LogP contribution is 2.30. The summed E-state index contributed by atoms with van der Waals surface area (Å²) < 4.78 is 12.8. The highest BCUT2D eigenvalue weighted by atomic mass is 16.5. The van der Waals surface area contributed by atoms with Gasteiger partial charge in [0.05, 0.1) is 49.4 Å². The molecule has 0 saturated heterocycles. The number of benzene rings is 1. The lowest BCUT2D eigenvalue weighted by Crippen LogP contribution is -2.22. The standard InChI is InChI=1S/C19H25N3O3/c1-13-19(14(2)22(21-13)9-11-24-3)20-18(23)12-17-16-7-5-4-6-15(16)8-10-25-17/h4-7,17H,8-12H2,1-3H3,(H,20,23). The molecule has 0 saturated carbocycles. The van der Waals surface area contributed by atoms with Crippen molar-refractivity contribution in [3.8, 4) is 0 Å². The second kappa shape index (κ2) is 7.80. The Hall–Kier alpha value is -2.18. The van der Waals surface area contributed by atoms with Crippen molar-refractivity contribution in [2.45, 2.75) is 39.3 Å². The number of aryl methyl sites for hydroxylation is 1. The van der Waals surface area contributed by atoms with E-state index >= 15 is 0 Å². The van der Waals surface area contributed by atoms with Crippen LogP contribution in [0, 0.1) is 13.8 Å². The van der Waals surface area contributed by atoms with Gasteiger partial charge in [0.2, 0.25) is 5.91 Å². The molecule has 134 valence electrons. The number of methoxy groups -OCH3 is 1. The number of amides is 1. The molecule has 25 heavy (non-hydrogen) atoms. The Kier molecular flexibility index (Phi) is 5.50. The summed E-state index contributed by atoms with van der Waals surface area (Å²) in [5.74, 6) is -0.0563. The van der Waals surface area contributed by atoms with E-state index in [4.69, 9.17) is 9.47 Å². The maximum absolute atomic E-state index is 12.6. The van der Waals surface area contributed by atoms with Crippen LogP contribution in [-0.4, -0.2) is 36.0 Å². The first kappa shape index (κ1) is 17.6. The molecule has 0 bridgehead atoms. The van der Waals surface area contributed by atoms with Crippen molar-refractivity contribution in [3.05, 3.63) is 46.8 Å². The zero-order chi connectivity index (χ0) is 17.8. The maximum Gasteiger partial charge on any atom is 0.227 e. The number of nitrogens with one attached hydrogen (secondary N) is 1. The molecule has 0 spiro atoms. The molecule has 1 N–H and O–H groups in total. The van der Waals surface area contributed by atoms with E-state index in [1.54, 1.807) is 7.11 Å². The average Bonchev–Trinajstić information content (AvgIpc) is 2.88. The van der Waals surface area contributed by atoms with Gasteiger partial charge in [-0.05, 0) is 31.4 Å². The minimum absolute atomic E-state index is 0.0563. The third-order valence-corrected chi connectivity index (χ3v) is 4.62. The van der Waals surface area contributed by atoms with E-state index in [1.807, 2.05) is 36.7 Å².